The van der Waals surface area contributed by atoms with Gasteiger partial charge < -0.3 is 5.32 Å². The lowest BCUT2D eigenvalue weighted by atomic mass is 9.86. The molecule has 1 nitrogen and oxygen atoms in total. The summed E-state index contributed by atoms with van der Waals surface area (Å²) >= 11 is 6.06. The minimum absolute atomic E-state index is 0.486. The number of rotatable bonds is 6. The fraction of sp³-hybridized carbons (Fsp3) is 0.600. The van der Waals surface area contributed by atoms with E-state index in [1.807, 2.05) is 12.1 Å². The molecular weight excluding hydrogens is 230 g/mol. The van der Waals surface area contributed by atoms with Crippen LogP contribution < -0.4 is 5.32 Å². The molecule has 2 heteroatoms. The van der Waals surface area contributed by atoms with Gasteiger partial charge in [0.2, 0.25) is 0 Å². The summed E-state index contributed by atoms with van der Waals surface area (Å²) in [6.45, 7) is 10.1. The van der Waals surface area contributed by atoms with Gasteiger partial charge in [-0.25, -0.2) is 0 Å². The van der Waals surface area contributed by atoms with Crippen molar-refractivity contribution in [3.63, 3.8) is 0 Å². The molecular formula is C15H24ClN. The van der Waals surface area contributed by atoms with Gasteiger partial charge >= 0.3 is 0 Å². The lowest BCUT2D eigenvalue weighted by Gasteiger charge is -2.29. The van der Waals surface area contributed by atoms with Crippen molar-refractivity contribution < 1.29 is 0 Å². The molecule has 0 radical (unpaired) electrons. The van der Waals surface area contributed by atoms with Crippen molar-refractivity contribution in [1.82, 2.24) is 5.32 Å². The summed E-state index contributed by atoms with van der Waals surface area (Å²) in [5.41, 5.74) is 1.32. The Kier molecular flexibility index (Phi) is 6.01. The second-order valence-corrected chi connectivity index (χ2v) is 5.50. The van der Waals surface area contributed by atoms with E-state index < -0.39 is 0 Å². The molecule has 1 aromatic carbocycles. The molecule has 17 heavy (non-hydrogen) atoms. The topological polar surface area (TPSA) is 12.0 Å². The van der Waals surface area contributed by atoms with Crippen molar-refractivity contribution in [3.05, 3.63) is 34.9 Å². The van der Waals surface area contributed by atoms with Gasteiger partial charge in [-0.2, -0.15) is 0 Å². The first-order valence-corrected chi connectivity index (χ1v) is 6.93. The highest BCUT2D eigenvalue weighted by molar-refractivity contribution is 6.30. The van der Waals surface area contributed by atoms with Crippen molar-refractivity contribution >= 4 is 11.6 Å². The zero-order valence-electron chi connectivity index (χ0n) is 11.3. The highest BCUT2D eigenvalue weighted by Crippen LogP contribution is 2.25. The highest BCUT2D eigenvalue weighted by Gasteiger charge is 2.21. The minimum atomic E-state index is 0.486. The Hall–Kier alpha value is -0.530. The van der Waals surface area contributed by atoms with E-state index in [9.17, 15) is 0 Å². The normalized spacial score (nSPS) is 14.9. The predicted octanol–water partition coefficient (Wildman–Crippen LogP) is 4.47. The molecule has 1 rings (SSSR count). The van der Waals surface area contributed by atoms with E-state index in [1.54, 1.807) is 0 Å². The molecule has 96 valence electrons. The zero-order chi connectivity index (χ0) is 12.8. The molecule has 0 bridgehead atoms. The average Bonchev–Trinajstić information content (AvgIpc) is 2.29. The van der Waals surface area contributed by atoms with Gasteiger partial charge in [-0.15, -0.1) is 0 Å². The first kappa shape index (κ1) is 14.5. The Morgan fingerprint density at radius 2 is 1.94 bits per heavy atom. The summed E-state index contributed by atoms with van der Waals surface area (Å²) in [4.78, 5) is 0. The van der Waals surface area contributed by atoms with Crippen molar-refractivity contribution in [1.29, 1.82) is 0 Å². The molecule has 0 aliphatic carbocycles. The third kappa shape index (κ3) is 4.33. The number of hydrogen-bond donors (Lipinski definition) is 1. The van der Waals surface area contributed by atoms with Crippen molar-refractivity contribution in [2.75, 3.05) is 6.54 Å². The van der Waals surface area contributed by atoms with Gasteiger partial charge in [-0.05, 0) is 42.5 Å². The lowest BCUT2D eigenvalue weighted by molar-refractivity contribution is 0.354. The van der Waals surface area contributed by atoms with Gasteiger partial charge in [0, 0.05) is 11.1 Å². The molecule has 0 saturated heterocycles. The Morgan fingerprint density at radius 1 is 1.24 bits per heavy atom. The molecule has 0 saturated carbocycles. The molecule has 0 fully saturated rings. The van der Waals surface area contributed by atoms with E-state index in [2.05, 4.69) is 45.1 Å². The van der Waals surface area contributed by atoms with Crippen LogP contribution in [0.1, 0.15) is 45.6 Å². The van der Waals surface area contributed by atoms with Crippen LogP contribution in [0.3, 0.4) is 0 Å². The summed E-state index contributed by atoms with van der Waals surface area (Å²) in [6.07, 6.45) is 1.17. The lowest BCUT2D eigenvalue weighted by Crippen LogP contribution is -2.38. The van der Waals surface area contributed by atoms with Crippen molar-refractivity contribution in [2.24, 2.45) is 5.92 Å². The van der Waals surface area contributed by atoms with Crippen LogP contribution >= 0.6 is 11.6 Å². The Labute approximate surface area is 111 Å². The molecule has 2 unspecified atom stereocenters. The van der Waals surface area contributed by atoms with Gasteiger partial charge in [-0.3, -0.25) is 0 Å². The minimum Gasteiger partial charge on any atom is -0.313 e. The Bertz CT molecular complexity index is 335. The largest absolute Gasteiger partial charge is 0.313 e. The first-order chi connectivity index (χ1) is 8.06. The maximum Gasteiger partial charge on any atom is 0.0408 e. The smallest absolute Gasteiger partial charge is 0.0408 e. The van der Waals surface area contributed by atoms with Gasteiger partial charge in [0.1, 0.15) is 0 Å². The third-order valence-corrected chi connectivity index (χ3v) is 3.50. The van der Waals surface area contributed by atoms with Gasteiger partial charge in [0.25, 0.3) is 0 Å². The van der Waals surface area contributed by atoms with Gasteiger partial charge in [-0.1, -0.05) is 51.4 Å². The molecule has 0 aromatic heterocycles. The standard InChI is InChI=1S/C15H24ClN/c1-5-9-17-15(11(2)3)12(4)13-7-6-8-14(16)10-13/h6-8,10-12,15,17H,5,9H2,1-4H3. The molecule has 2 atom stereocenters. The van der Waals surface area contributed by atoms with Crippen LogP contribution in [-0.2, 0) is 0 Å². The summed E-state index contributed by atoms with van der Waals surface area (Å²) in [7, 11) is 0. The molecule has 0 amide bonds. The van der Waals surface area contributed by atoms with E-state index >= 15 is 0 Å². The van der Waals surface area contributed by atoms with E-state index in [4.69, 9.17) is 11.6 Å². The zero-order valence-corrected chi connectivity index (χ0v) is 12.1. The molecule has 0 aliphatic heterocycles. The number of benzene rings is 1. The fourth-order valence-electron chi connectivity index (χ4n) is 2.30. The van der Waals surface area contributed by atoms with Gasteiger partial charge in [0.15, 0.2) is 0 Å². The molecule has 0 spiro atoms. The van der Waals surface area contributed by atoms with Crippen LogP contribution in [0, 0.1) is 5.92 Å². The monoisotopic (exact) mass is 253 g/mol. The third-order valence-electron chi connectivity index (χ3n) is 3.26. The predicted molar refractivity (Wildman–Crippen MR) is 76.8 cm³/mol. The van der Waals surface area contributed by atoms with Crippen LogP contribution in [0.2, 0.25) is 5.02 Å². The van der Waals surface area contributed by atoms with E-state index in [1.165, 1.54) is 12.0 Å². The van der Waals surface area contributed by atoms with Crippen LogP contribution in [0.4, 0.5) is 0 Å². The summed E-state index contributed by atoms with van der Waals surface area (Å²) < 4.78 is 0. The molecule has 1 N–H and O–H groups in total. The van der Waals surface area contributed by atoms with E-state index in [-0.39, 0.29) is 0 Å². The molecule has 0 heterocycles. The average molecular weight is 254 g/mol. The van der Waals surface area contributed by atoms with Crippen molar-refractivity contribution in [2.45, 2.75) is 46.1 Å². The maximum atomic E-state index is 6.06. The van der Waals surface area contributed by atoms with Crippen LogP contribution in [0.5, 0.6) is 0 Å². The van der Waals surface area contributed by atoms with Crippen LogP contribution in [0.15, 0.2) is 24.3 Å². The van der Waals surface area contributed by atoms with Crippen LogP contribution in [0.25, 0.3) is 0 Å². The summed E-state index contributed by atoms with van der Waals surface area (Å²) in [5, 5.41) is 4.47. The van der Waals surface area contributed by atoms with Crippen molar-refractivity contribution in [3.8, 4) is 0 Å². The summed E-state index contributed by atoms with van der Waals surface area (Å²) in [5.74, 6) is 1.11. The summed E-state index contributed by atoms with van der Waals surface area (Å²) in [6, 6.07) is 8.72. The second-order valence-electron chi connectivity index (χ2n) is 5.07. The Morgan fingerprint density at radius 3 is 2.47 bits per heavy atom. The van der Waals surface area contributed by atoms with E-state index in [0.29, 0.717) is 17.9 Å². The highest BCUT2D eigenvalue weighted by atomic mass is 35.5. The van der Waals surface area contributed by atoms with Gasteiger partial charge in [0.05, 0.1) is 0 Å². The molecule has 1 aromatic rings. The Balaban J connectivity index is 2.79. The SMILES string of the molecule is CCCNC(C(C)C)C(C)c1cccc(Cl)c1. The maximum absolute atomic E-state index is 6.06. The number of halogens is 1. The fourth-order valence-corrected chi connectivity index (χ4v) is 2.50. The number of nitrogens with one attached hydrogen (secondary N) is 1. The number of hydrogen-bond acceptors (Lipinski definition) is 1. The quantitative estimate of drug-likeness (QED) is 0.789. The molecule has 0 aliphatic rings. The second kappa shape index (κ2) is 7.03. The first-order valence-electron chi connectivity index (χ1n) is 6.55. The van der Waals surface area contributed by atoms with Crippen LogP contribution in [-0.4, -0.2) is 12.6 Å². The van der Waals surface area contributed by atoms with E-state index in [0.717, 1.165) is 11.6 Å².